The topological polar surface area (TPSA) is 16.6 Å². The molecule has 1 heteroatoms. The predicted octanol–water partition coefficient (Wildman–Crippen LogP) is 3.14. The normalized spacial score (nSPS) is 42.2. The predicted molar refractivity (Wildman–Crippen MR) is 73.2 cm³/mol. The summed E-state index contributed by atoms with van der Waals surface area (Å²) in [7, 11) is 4.12. The minimum Gasteiger partial charge on any atom is -0.474 e. The van der Waals surface area contributed by atoms with E-state index in [1.54, 1.807) is 5.57 Å². The van der Waals surface area contributed by atoms with Crippen LogP contribution in [0.4, 0.5) is 0 Å². The van der Waals surface area contributed by atoms with Crippen LogP contribution in [-0.4, -0.2) is 5.54 Å². The fourth-order valence-electron chi connectivity index (χ4n) is 4.18. The molecule has 0 aliphatic heterocycles. The van der Waals surface area contributed by atoms with Crippen molar-refractivity contribution < 1.29 is 5.32 Å². The molecule has 0 amide bonds. The van der Waals surface area contributed by atoms with Gasteiger partial charge in [0.15, 0.2) is 0 Å². The van der Waals surface area contributed by atoms with Crippen molar-refractivity contribution in [3.63, 3.8) is 0 Å². The third kappa shape index (κ3) is 2.31. The lowest BCUT2D eigenvalue weighted by atomic mass is 9.57. The second-order valence-corrected chi connectivity index (χ2v) is 6.89. The van der Waals surface area contributed by atoms with Crippen LogP contribution >= 0.6 is 0 Å². The number of fused-ring (bicyclic) bond motifs is 1. The largest absolute Gasteiger partial charge is 0.474 e. The first-order chi connectivity index (χ1) is 7.98. The molecule has 0 aromatic heterocycles. The Balaban J connectivity index is 2.29. The molecule has 2 aliphatic carbocycles. The third-order valence-corrected chi connectivity index (χ3v) is 5.47. The Morgan fingerprint density at radius 2 is 2.12 bits per heavy atom. The number of quaternary nitrogens is 1. The van der Waals surface area contributed by atoms with Crippen molar-refractivity contribution in [3.8, 4) is 0 Å². The van der Waals surface area contributed by atoms with Gasteiger partial charge in [-0.1, -0.05) is 25.5 Å². The molecule has 0 aromatic rings. The van der Waals surface area contributed by atoms with Crippen LogP contribution in [0.2, 0.25) is 0 Å². The highest BCUT2D eigenvalue weighted by Gasteiger charge is 2.47. The van der Waals surface area contributed by atoms with E-state index in [-0.39, 0.29) is 0 Å². The van der Waals surface area contributed by atoms with E-state index < -0.39 is 0 Å². The molecule has 0 saturated heterocycles. The van der Waals surface area contributed by atoms with Gasteiger partial charge in [0.2, 0.25) is 0 Å². The molecule has 1 fully saturated rings. The highest BCUT2D eigenvalue weighted by Crippen LogP contribution is 2.48. The first kappa shape index (κ1) is 13.1. The molecule has 0 radical (unpaired) electrons. The van der Waals surface area contributed by atoms with E-state index in [9.17, 15) is 0 Å². The van der Waals surface area contributed by atoms with E-state index >= 15 is 0 Å². The molecular formula is C16H29N. The van der Waals surface area contributed by atoms with Gasteiger partial charge < -0.3 is 5.32 Å². The maximum Gasteiger partial charge on any atom is 0.0729 e. The second kappa shape index (κ2) is 4.76. The highest BCUT2D eigenvalue weighted by atomic mass is 14.9. The Labute approximate surface area is 107 Å². The zero-order chi connectivity index (χ0) is 12.6. The summed E-state index contributed by atoms with van der Waals surface area (Å²) < 4.78 is 0. The van der Waals surface area contributed by atoms with Gasteiger partial charge in [0.05, 0.1) is 5.54 Å². The summed E-state index contributed by atoms with van der Waals surface area (Å²) in [5.74, 6) is 3.35. The van der Waals surface area contributed by atoms with Crippen molar-refractivity contribution in [1.82, 2.24) is 0 Å². The van der Waals surface area contributed by atoms with Gasteiger partial charge in [0.1, 0.15) is 0 Å². The van der Waals surface area contributed by atoms with Gasteiger partial charge in [-0.05, 0) is 50.9 Å². The van der Waals surface area contributed by atoms with Crippen LogP contribution in [0.5, 0.6) is 0 Å². The molecule has 1 saturated carbocycles. The van der Waals surface area contributed by atoms with E-state index in [2.05, 4.69) is 46.1 Å². The van der Waals surface area contributed by atoms with Crippen LogP contribution < -0.4 is 5.32 Å². The zero-order valence-electron chi connectivity index (χ0n) is 12.0. The number of hydrogen-bond donors (Lipinski definition) is 1. The van der Waals surface area contributed by atoms with Crippen molar-refractivity contribution in [2.75, 3.05) is 0 Å². The quantitative estimate of drug-likeness (QED) is 0.559. The Kier molecular flexibility index (Phi) is 3.68. The molecule has 4 atom stereocenters. The molecule has 1 nitrogen and oxygen atoms in total. The van der Waals surface area contributed by atoms with Crippen molar-refractivity contribution in [2.24, 2.45) is 23.7 Å². The summed E-state index contributed by atoms with van der Waals surface area (Å²) in [6.07, 6.45) is 7.99. The summed E-state index contributed by atoms with van der Waals surface area (Å²) in [5.41, 5.74) is 2.00. The van der Waals surface area contributed by atoms with Gasteiger partial charge in [-0.15, -0.1) is 0 Å². The molecule has 2 aliphatic rings. The summed E-state index contributed by atoms with van der Waals surface area (Å²) in [6.45, 7) is 9.54. The average molecular weight is 235 g/mol. The lowest BCUT2D eigenvalue weighted by molar-refractivity contribution is -0.686. The molecule has 0 bridgehead atoms. The van der Waals surface area contributed by atoms with Crippen LogP contribution in [0.3, 0.4) is 0 Å². The SMILES string of the molecule is [CH2-][NH2+]C1(C)CCC(C(C)C)C2C=C(C)CCC21. The zero-order valence-corrected chi connectivity index (χ0v) is 12.0. The molecule has 2 rings (SSSR count). The summed E-state index contributed by atoms with van der Waals surface area (Å²) in [4.78, 5) is 0. The third-order valence-electron chi connectivity index (χ3n) is 5.47. The molecule has 17 heavy (non-hydrogen) atoms. The van der Waals surface area contributed by atoms with Crippen LogP contribution in [0.25, 0.3) is 0 Å². The lowest BCUT2D eigenvalue weighted by Crippen LogP contribution is -2.93. The van der Waals surface area contributed by atoms with Crippen molar-refractivity contribution >= 4 is 0 Å². The summed E-state index contributed by atoms with van der Waals surface area (Å²) in [6, 6.07) is 0. The van der Waals surface area contributed by atoms with Crippen LogP contribution in [0.1, 0.15) is 53.4 Å². The maximum absolute atomic E-state index is 4.12. The van der Waals surface area contributed by atoms with Crippen molar-refractivity contribution in [2.45, 2.75) is 58.9 Å². The summed E-state index contributed by atoms with van der Waals surface area (Å²) in [5, 5.41) is 2.25. The van der Waals surface area contributed by atoms with E-state index in [1.165, 1.54) is 25.7 Å². The first-order valence-corrected chi connectivity index (χ1v) is 7.29. The van der Waals surface area contributed by atoms with Gasteiger partial charge in [-0.3, -0.25) is 0 Å². The number of hydrogen-bond acceptors (Lipinski definition) is 0. The summed E-state index contributed by atoms with van der Waals surface area (Å²) >= 11 is 0. The monoisotopic (exact) mass is 235 g/mol. The van der Waals surface area contributed by atoms with Gasteiger partial charge in [0.25, 0.3) is 0 Å². The Morgan fingerprint density at radius 1 is 1.41 bits per heavy atom. The van der Waals surface area contributed by atoms with Gasteiger partial charge in [0, 0.05) is 12.3 Å². The van der Waals surface area contributed by atoms with Crippen LogP contribution in [0.15, 0.2) is 11.6 Å². The van der Waals surface area contributed by atoms with Crippen molar-refractivity contribution in [1.29, 1.82) is 0 Å². The highest BCUT2D eigenvalue weighted by molar-refractivity contribution is 5.13. The molecule has 0 spiro atoms. The Bertz CT molecular complexity index is 305. The van der Waals surface area contributed by atoms with E-state index in [1.807, 2.05) is 0 Å². The Hall–Kier alpha value is -0.300. The minimum atomic E-state index is 0.382. The average Bonchev–Trinajstić information content (AvgIpc) is 2.28. The number of nitrogens with two attached hydrogens (primary N) is 1. The van der Waals surface area contributed by atoms with E-state index in [0.717, 1.165) is 23.7 Å². The van der Waals surface area contributed by atoms with Crippen LogP contribution in [-0.2, 0) is 0 Å². The fourth-order valence-corrected chi connectivity index (χ4v) is 4.18. The molecular weight excluding hydrogens is 206 g/mol. The smallest absolute Gasteiger partial charge is 0.0729 e. The molecule has 98 valence electrons. The second-order valence-electron chi connectivity index (χ2n) is 6.89. The molecule has 2 N–H and O–H groups in total. The van der Waals surface area contributed by atoms with Crippen LogP contribution in [0, 0.1) is 30.7 Å². The van der Waals surface area contributed by atoms with Gasteiger partial charge >= 0.3 is 0 Å². The van der Waals surface area contributed by atoms with Gasteiger partial charge in [-0.2, -0.15) is 7.05 Å². The number of rotatable bonds is 2. The lowest BCUT2D eigenvalue weighted by Gasteiger charge is -2.51. The Morgan fingerprint density at radius 3 is 2.71 bits per heavy atom. The molecule has 0 aromatic carbocycles. The molecule has 0 heterocycles. The van der Waals surface area contributed by atoms with E-state index in [0.29, 0.717) is 5.54 Å². The van der Waals surface area contributed by atoms with E-state index in [4.69, 9.17) is 0 Å². The first-order valence-electron chi connectivity index (χ1n) is 7.29. The van der Waals surface area contributed by atoms with Gasteiger partial charge in [-0.25, -0.2) is 0 Å². The van der Waals surface area contributed by atoms with Crippen molar-refractivity contribution in [3.05, 3.63) is 18.7 Å². The molecule has 4 unspecified atom stereocenters. The standard InChI is InChI=1S/C16H29N/c1-11(2)13-8-9-16(4,17-5)15-7-6-12(3)10-14(13)15/h10-11,13-15H,5-9,17H2,1-4H3. The maximum atomic E-state index is 4.12. The number of allylic oxidation sites excluding steroid dienone is 2. The fraction of sp³-hybridized carbons (Fsp3) is 0.812. The minimum absolute atomic E-state index is 0.382.